The largest absolute Gasteiger partial charge is 0.493 e. The van der Waals surface area contributed by atoms with E-state index < -0.39 is 11.7 Å². The van der Waals surface area contributed by atoms with Gasteiger partial charge in [0.1, 0.15) is 17.3 Å². The summed E-state index contributed by atoms with van der Waals surface area (Å²) in [6.45, 7) is 1.90. The minimum absolute atomic E-state index is 0.0127. The van der Waals surface area contributed by atoms with Gasteiger partial charge in [-0.25, -0.2) is 9.67 Å². The van der Waals surface area contributed by atoms with Gasteiger partial charge in [0.15, 0.2) is 5.69 Å². The Morgan fingerprint density at radius 3 is 2.69 bits per heavy atom. The fourth-order valence-electron chi connectivity index (χ4n) is 3.95. The molecule has 1 saturated heterocycles. The number of rotatable bonds is 7. The molecule has 1 aromatic carbocycles. The lowest BCUT2D eigenvalue weighted by atomic mass is 9.97. The number of ether oxygens (including phenoxy) is 1. The molecule has 0 atom stereocenters. The highest BCUT2D eigenvalue weighted by molar-refractivity contribution is 5.83. The summed E-state index contributed by atoms with van der Waals surface area (Å²) in [5, 5.41) is 17.1. The maximum Gasteiger partial charge on any atom is 0.419 e. The average molecular weight is 487 g/mol. The molecule has 0 radical (unpaired) electrons. The zero-order valence-corrected chi connectivity index (χ0v) is 19.5. The van der Waals surface area contributed by atoms with Gasteiger partial charge in [0, 0.05) is 39.8 Å². The molecule has 0 aliphatic carbocycles. The molecule has 1 aliphatic rings. The third-order valence-corrected chi connectivity index (χ3v) is 5.96. The van der Waals surface area contributed by atoms with Crippen molar-refractivity contribution in [1.82, 2.24) is 29.8 Å². The summed E-state index contributed by atoms with van der Waals surface area (Å²) in [5.41, 5.74) is 0.257. The molecule has 0 spiro atoms. The van der Waals surface area contributed by atoms with Gasteiger partial charge >= 0.3 is 6.18 Å². The van der Waals surface area contributed by atoms with E-state index in [0.29, 0.717) is 31.6 Å². The standard InChI is InChI=1S/C23H24F3N7O2/c1-31(2)21(34)13-33-11-14(12-33)6-7-35-20-5-4-15(8-16(20)23(24,25)26)17-9-19-22(18(10-27)28-17)29-30-32(19)3/h4-5,8-9,14H,6-7,11-13H2,1-3H3. The van der Waals surface area contributed by atoms with E-state index >= 15 is 0 Å². The number of hydrogen-bond donors (Lipinski definition) is 0. The summed E-state index contributed by atoms with van der Waals surface area (Å²) in [6.07, 6.45) is -4.05. The predicted molar refractivity (Wildman–Crippen MR) is 120 cm³/mol. The van der Waals surface area contributed by atoms with Gasteiger partial charge in [-0.05, 0) is 36.6 Å². The van der Waals surface area contributed by atoms with Crippen LogP contribution in [0.3, 0.4) is 0 Å². The van der Waals surface area contributed by atoms with Crippen molar-refractivity contribution in [1.29, 1.82) is 5.26 Å². The van der Waals surface area contributed by atoms with E-state index in [2.05, 4.69) is 15.3 Å². The lowest BCUT2D eigenvalue weighted by Crippen LogP contribution is -2.50. The van der Waals surface area contributed by atoms with Crippen LogP contribution in [0.2, 0.25) is 0 Å². The smallest absolute Gasteiger partial charge is 0.419 e. The molecule has 3 aromatic rings. The molecular weight excluding hydrogens is 463 g/mol. The van der Waals surface area contributed by atoms with E-state index in [1.807, 2.05) is 11.0 Å². The molecular formula is C23H24F3N7O2. The quantitative estimate of drug-likeness (QED) is 0.505. The van der Waals surface area contributed by atoms with Crippen LogP contribution < -0.4 is 4.74 Å². The van der Waals surface area contributed by atoms with Crippen LogP contribution in [0.25, 0.3) is 22.3 Å². The maximum absolute atomic E-state index is 13.8. The number of hydrogen-bond acceptors (Lipinski definition) is 7. The summed E-state index contributed by atoms with van der Waals surface area (Å²) in [4.78, 5) is 19.5. The number of carbonyl (C=O) groups excluding carboxylic acids is 1. The topological polar surface area (TPSA) is 100 Å². The van der Waals surface area contributed by atoms with E-state index in [0.717, 1.165) is 6.07 Å². The van der Waals surface area contributed by atoms with Gasteiger partial charge in [-0.1, -0.05) is 5.21 Å². The van der Waals surface area contributed by atoms with E-state index in [1.165, 1.54) is 21.7 Å². The molecule has 0 bridgehead atoms. The highest BCUT2D eigenvalue weighted by Gasteiger charge is 2.35. The second kappa shape index (κ2) is 9.50. The van der Waals surface area contributed by atoms with Gasteiger partial charge < -0.3 is 9.64 Å². The number of aromatic nitrogens is 4. The van der Waals surface area contributed by atoms with Gasteiger partial charge in [0.2, 0.25) is 5.91 Å². The summed E-state index contributed by atoms with van der Waals surface area (Å²) >= 11 is 0. The number of halogens is 3. The number of pyridine rings is 1. The van der Waals surface area contributed by atoms with Gasteiger partial charge in [-0.15, -0.1) is 5.10 Å². The SMILES string of the molecule is CN(C)C(=O)CN1CC(CCOc2ccc(-c3cc4c(nnn4C)c(C#N)n3)cc2C(F)(F)F)C1. The summed E-state index contributed by atoms with van der Waals surface area (Å²) < 4.78 is 48.5. The van der Waals surface area contributed by atoms with Crippen LogP contribution in [0.1, 0.15) is 17.7 Å². The molecule has 1 amide bonds. The second-order valence-corrected chi connectivity index (χ2v) is 8.74. The zero-order valence-electron chi connectivity index (χ0n) is 19.5. The van der Waals surface area contributed by atoms with Gasteiger partial charge in [-0.2, -0.15) is 18.4 Å². The Morgan fingerprint density at radius 1 is 1.29 bits per heavy atom. The van der Waals surface area contributed by atoms with Crippen molar-refractivity contribution in [2.45, 2.75) is 12.6 Å². The fraction of sp³-hybridized carbons (Fsp3) is 0.435. The van der Waals surface area contributed by atoms with Crippen molar-refractivity contribution >= 4 is 16.9 Å². The van der Waals surface area contributed by atoms with Crippen molar-refractivity contribution in [3.8, 4) is 23.1 Å². The Bertz CT molecular complexity index is 1290. The first kappa shape index (κ1) is 24.4. The van der Waals surface area contributed by atoms with Crippen LogP contribution in [0.5, 0.6) is 5.75 Å². The molecule has 12 heteroatoms. The number of likely N-dealkylation sites (N-methyl/N-ethyl adjacent to an activating group) is 1. The number of nitriles is 1. The summed E-state index contributed by atoms with van der Waals surface area (Å²) in [6, 6.07) is 7.22. The number of nitrogens with zero attached hydrogens (tertiary/aromatic N) is 7. The molecule has 9 nitrogen and oxygen atoms in total. The molecule has 4 rings (SSSR count). The minimum atomic E-state index is -4.64. The molecule has 35 heavy (non-hydrogen) atoms. The lowest BCUT2D eigenvalue weighted by molar-refractivity contribution is -0.139. The number of benzene rings is 1. The van der Waals surface area contributed by atoms with Crippen LogP contribution in [0.15, 0.2) is 24.3 Å². The molecule has 0 N–H and O–H groups in total. The minimum Gasteiger partial charge on any atom is -0.493 e. The van der Waals surface area contributed by atoms with Gasteiger partial charge in [0.25, 0.3) is 0 Å². The van der Waals surface area contributed by atoms with Gasteiger partial charge in [0.05, 0.1) is 29.9 Å². The van der Waals surface area contributed by atoms with Crippen molar-refractivity contribution in [2.75, 3.05) is 40.3 Å². The third-order valence-electron chi connectivity index (χ3n) is 5.96. The Labute approximate surface area is 199 Å². The monoisotopic (exact) mass is 487 g/mol. The first-order valence-corrected chi connectivity index (χ1v) is 10.9. The van der Waals surface area contributed by atoms with Crippen LogP contribution in [0.4, 0.5) is 13.2 Å². The highest BCUT2D eigenvalue weighted by atomic mass is 19.4. The average Bonchev–Trinajstić information content (AvgIpc) is 3.16. The predicted octanol–water partition coefficient (Wildman–Crippen LogP) is 2.71. The molecule has 3 heterocycles. The number of fused-ring (bicyclic) bond motifs is 1. The maximum atomic E-state index is 13.8. The summed E-state index contributed by atoms with van der Waals surface area (Å²) in [5.74, 6) is 0.0280. The van der Waals surface area contributed by atoms with Crippen LogP contribution >= 0.6 is 0 Å². The Hall–Kier alpha value is -3.72. The molecule has 1 aliphatic heterocycles. The van der Waals surface area contributed by atoms with Crippen molar-refractivity contribution in [2.24, 2.45) is 13.0 Å². The van der Waals surface area contributed by atoms with Crippen molar-refractivity contribution in [3.05, 3.63) is 35.5 Å². The van der Waals surface area contributed by atoms with Crippen LogP contribution in [-0.4, -0.2) is 76.0 Å². The van der Waals surface area contributed by atoms with Gasteiger partial charge in [-0.3, -0.25) is 9.69 Å². The molecule has 0 saturated carbocycles. The van der Waals surface area contributed by atoms with Crippen molar-refractivity contribution < 1.29 is 22.7 Å². The molecule has 1 fully saturated rings. The number of likely N-dealkylation sites (tertiary alicyclic amines) is 1. The second-order valence-electron chi connectivity index (χ2n) is 8.74. The van der Waals surface area contributed by atoms with Crippen LogP contribution in [-0.2, 0) is 18.0 Å². The Balaban J connectivity index is 1.47. The van der Waals surface area contributed by atoms with E-state index in [9.17, 15) is 23.2 Å². The number of aryl methyl sites for hydroxylation is 1. The summed E-state index contributed by atoms with van der Waals surface area (Å²) in [7, 11) is 5.02. The molecule has 0 unspecified atom stereocenters. The number of alkyl halides is 3. The van der Waals surface area contributed by atoms with E-state index in [1.54, 1.807) is 27.2 Å². The fourth-order valence-corrected chi connectivity index (χ4v) is 3.95. The van der Waals surface area contributed by atoms with E-state index in [-0.39, 0.29) is 46.6 Å². The first-order chi connectivity index (χ1) is 16.6. The third kappa shape index (κ3) is 5.19. The molecule has 184 valence electrons. The number of amides is 1. The lowest BCUT2D eigenvalue weighted by Gasteiger charge is -2.39. The van der Waals surface area contributed by atoms with Crippen LogP contribution in [0, 0.1) is 17.2 Å². The Kier molecular flexibility index (Phi) is 6.62. The normalized spacial score (nSPS) is 14.5. The molecule has 2 aromatic heterocycles. The first-order valence-electron chi connectivity index (χ1n) is 10.9. The van der Waals surface area contributed by atoms with E-state index in [4.69, 9.17) is 4.74 Å². The Morgan fingerprint density at radius 2 is 2.03 bits per heavy atom. The number of carbonyl (C=O) groups is 1. The van der Waals surface area contributed by atoms with Crippen molar-refractivity contribution in [3.63, 3.8) is 0 Å². The highest BCUT2D eigenvalue weighted by Crippen LogP contribution is 2.39. The zero-order chi connectivity index (χ0) is 25.3.